The molecule has 0 saturated heterocycles. The quantitative estimate of drug-likeness (QED) is 0.705. The van der Waals surface area contributed by atoms with Gasteiger partial charge in [-0.1, -0.05) is 6.92 Å². The summed E-state index contributed by atoms with van der Waals surface area (Å²) < 4.78 is 5.26. The zero-order valence-corrected chi connectivity index (χ0v) is 13.6. The lowest BCUT2D eigenvalue weighted by molar-refractivity contribution is 0.181. The first-order chi connectivity index (χ1) is 9.63. The predicted molar refractivity (Wildman–Crippen MR) is 85.3 cm³/mol. The van der Waals surface area contributed by atoms with E-state index in [2.05, 4.69) is 49.0 Å². The van der Waals surface area contributed by atoms with Gasteiger partial charge in [0.25, 0.3) is 0 Å². The average molecular weight is 279 g/mol. The molecular formula is C16H29N3O. The number of aromatic nitrogens is 1. The fourth-order valence-electron chi connectivity index (χ4n) is 2.43. The third-order valence-electron chi connectivity index (χ3n) is 3.42. The van der Waals surface area contributed by atoms with Crippen LogP contribution in [0.3, 0.4) is 0 Å². The van der Waals surface area contributed by atoms with E-state index in [1.165, 1.54) is 11.1 Å². The summed E-state index contributed by atoms with van der Waals surface area (Å²) in [6.07, 6.45) is 3.13. The van der Waals surface area contributed by atoms with Crippen LogP contribution in [0.4, 0.5) is 5.82 Å². The number of aryl methyl sites for hydroxylation is 1. The van der Waals surface area contributed by atoms with Crippen molar-refractivity contribution in [3.63, 3.8) is 0 Å². The van der Waals surface area contributed by atoms with Crippen LogP contribution in [0.25, 0.3) is 0 Å². The van der Waals surface area contributed by atoms with E-state index < -0.39 is 0 Å². The standard InChI is InChI=1S/C16H29N3O/c1-6-8-17-10-15-9-13(3)16(18-11-15)19(7-2)14(4)12-20-5/h9,11,14,17H,6-8,10,12H2,1-5H3. The van der Waals surface area contributed by atoms with Crippen molar-refractivity contribution in [2.75, 3.05) is 31.7 Å². The second-order valence-electron chi connectivity index (χ2n) is 5.25. The van der Waals surface area contributed by atoms with E-state index in [1.807, 2.05) is 6.20 Å². The highest BCUT2D eigenvalue weighted by Gasteiger charge is 2.16. The fraction of sp³-hybridized carbons (Fsp3) is 0.688. The van der Waals surface area contributed by atoms with Crippen LogP contribution in [0.15, 0.2) is 12.3 Å². The molecule has 114 valence electrons. The van der Waals surface area contributed by atoms with Crippen LogP contribution in [0, 0.1) is 6.92 Å². The van der Waals surface area contributed by atoms with Crippen LogP contribution in [0.5, 0.6) is 0 Å². The normalized spacial score (nSPS) is 12.4. The fourth-order valence-corrected chi connectivity index (χ4v) is 2.43. The summed E-state index contributed by atoms with van der Waals surface area (Å²) in [6, 6.07) is 2.56. The van der Waals surface area contributed by atoms with Crippen molar-refractivity contribution >= 4 is 5.82 Å². The van der Waals surface area contributed by atoms with E-state index in [-0.39, 0.29) is 0 Å². The summed E-state index contributed by atoms with van der Waals surface area (Å²) >= 11 is 0. The van der Waals surface area contributed by atoms with Gasteiger partial charge in [0.15, 0.2) is 0 Å². The highest BCUT2D eigenvalue weighted by Crippen LogP contribution is 2.20. The lowest BCUT2D eigenvalue weighted by Crippen LogP contribution is -2.37. The molecule has 1 aromatic heterocycles. The Morgan fingerprint density at radius 3 is 2.70 bits per heavy atom. The van der Waals surface area contributed by atoms with Gasteiger partial charge >= 0.3 is 0 Å². The second-order valence-corrected chi connectivity index (χ2v) is 5.25. The van der Waals surface area contributed by atoms with Gasteiger partial charge in [-0.05, 0) is 50.9 Å². The van der Waals surface area contributed by atoms with Crippen LogP contribution in [0.2, 0.25) is 0 Å². The van der Waals surface area contributed by atoms with E-state index >= 15 is 0 Å². The molecule has 0 aromatic carbocycles. The van der Waals surface area contributed by atoms with Crippen LogP contribution in [-0.4, -0.2) is 37.8 Å². The molecule has 0 amide bonds. The molecule has 20 heavy (non-hydrogen) atoms. The largest absolute Gasteiger partial charge is 0.383 e. The van der Waals surface area contributed by atoms with Gasteiger partial charge in [-0.15, -0.1) is 0 Å². The Balaban J connectivity index is 2.79. The molecule has 0 aliphatic heterocycles. The number of pyridine rings is 1. The molecule has 1 N–H and O–H groups in total. The summed E-state index contributed by atoms with van der Waals surface area (Å²) in [4.78, 5) is 6.96. The van der Waals surface area contributed by atoms with Crippen molar-refractivity contribution in [3.8, 4) is 0 Å². The molecular weight excluding hydrogens is 250 g/mol. The molecule has 1 rings (SSSR count). The maximum Gasteiger partial charge on any atom is 0.131 e. The van der Waals surface area contributed by atoms with Gasteiger partial charge in [0.05, 0.1) is 12.6 Å². The van der Waals surface area contributed by atoms with Crippen molar-refractivity contribution in [1.82, 2.24) is 10.3 Å². The SMILES string of the molecule is CCCNCc1cnc(N(CC)C(C)COC)c(C)c1. The molecule has 1 heterocycles. The van der Waals surface area contributed by atoms with Crippen LogP contribution >= 0.6 is 0 Å². The zero-order valence-electron chi connectivity index (χ0n) is 13.6. The Bertz CT molecular complexity index is 395. The first kappa shape index (κ1) is 16.9. The monoisotopic (exact) mass is 279 g/mol. The summed E-state index contributed by atoms with van der Waals surface area (Å²) in [6.45, 7) is 12.2. The Hall–Kier alpha value is -1.13. The summed E-state index contributed by atoms with van der Waals surface area (Å²) in [5, 5.41) is 3.41. The molecule has 0 spiro atoms. The number of anilines is 1. The molecule has 4 heteroatoms. The van der Waals surface area contributed by atoms with Crippen LogP contribution in [0.1, 0.15) is 38.3 Å². The van der Waals surface area contributed by atoms with E-state index in [4.69, 9.17) is 4.74 Å². The van der Waals surface area contributed by atoms with E-state index in [1.54, 1.807) is 7.11 Å². The van der Waals surface area contributed by atoms with Gasteiger partial charge in [0.1, 0.15) is 5.82 Å². The van der Waals surface area contributed by atoms with Crippen molar-refractivity contribution < 1.29 is 4.74 Å². The summed E-state index contributed by atoms with van der Waals surface area (Å²) in [7, 11) is 1.74. The van der Waals surface area contributed by atoms with Crippen molar-refractivity contribution in [2.45, 2.75) is 46.7 Å². The molecule has 0 bridgehead atoms. The smallest absolute Gasteiger partial charge is 0.131 e. The van der Waals surface area contributed by atoms with E-state index in [0.717, 1.165) is 38.5 Å². The number of nitrogens with zero attached hydrogens (tertiary/aromatic N) is 2. The number of rotatable bonds is 9. The molecule has 0 aliphatic carbocycles. The maximum absolute atomic E-state index is 5.26. The Labute approximate surface area is 123 Å². The maximum atomic E-state index is 5.26. The van der Waals surface area contributed by atoms with Crippen LogP contribution in [-0.2, 0) is 11.3 Å². The summed E-state index contributed by atoms with van der Waals surface area (Å²) in [5.41, 5.74) is 2.47. The second kappa shape index (κ2) is 8.93. The third-order valence-corrected chi connectivity index (χ3v) is 3.42. The molecule has 1 atom stereocenters. The van der Waals surface area contributed by atoms with Gasteiger partial charge in [0.2, 0.25) is 0 Å². The number of hydrogen-bond donors (Lipinski definition) is 1. The molecule has 0 radical (unpaired) electrons. The number of nitrogens with one attached hydrogen (secondary N) is 1. The Kier molecular flexibility index (Phi) is 7.55. The molecule has 0 fully saturated rings. The highest BCUT2D eigenvalue weighted by molar-refractivity contribution is 5.48. The molecule has 1 aromatic rings. The number of ether oxygens (including phenoxy) is 1. The molecule has 0 aliphatic rings. The van der Waals surface area contributed by atoms with E-state index in [9.17, 15) is 0 Å². The Morgan fingerprint density at radius 1 is 1.40 bits per heavy atom. The van der Waals surface area contributed by atoms with Gasteiger partial charge in [-0.3, -0.25) is 0 Å². The minimum absolute atomic E-state index is 0.334. The molecule has 1 unspecified atom stereocenters. The minimum atomic E-state index is 0.334. The lowest BCUT2D eigenvalue weighted by Gasteiger charge is -2.30. The number of hydrogen-bond acceptors (Lipinski definition) is 4. The van der Waals surface area contributed by atoms with Gasteiger partial charge in [-0.2, -0.15) is 0 Å². The zero-order chi connectivity index (χ0) is 15.0. The summed E-state index contributed by atoms with van der Waals surface area (Å²) in [5.74, 6) is 1.07. The predicted octanol–water partition coefficient (Wildman–Crippen LogP) is 2.75. The van der Waals surface area contributed by atoms with Crippen LogP contribution < -0.4 is 10.2 Å². The first-order valence-electron chi connectivity index (χ1n) is 7.55. The van der Waals surface area contributed by atoms with E-state index in [0.29, 0.717) is 6.04 Å². The molecule has 0 saturated carbocycles. The van der Waals surface area contributed by atoms with Crippen molar-refractivity contribution in [2.24, 2.45) is 0 Å². The van der Waals surface area contributed by atoms with Crippen molar-refractivity contribution in [1.29, 1.82) is 0 Å². The van der Waals surface area contributed by atoms with Gasteiger partial charge in [0, 0.05) is 26.4 Å². The minimum Gasteiger partial charge on any atom is -0.383 e. The first-order valence-corrected chi connectivity index (χ1v) is 7.55. The van der Waals surface area contributed by atoms with Gasteiger partial charge < -0.3 is 15.0 Å². The third kappa shape index (κ3) is 4.76. The number of methoxy groups -OCH3 is 1. The average Bonchev–Trinajstić information content (AvgIpc) is 2.42. The van der Waals surface area contributed by atoms with Gasteiger partial charge in [-0.25, -0.2) is 4.98 Å². The number of likely N-dealkylation sites (N-methyl/N-ethyl adjacent to an activating group) is 1. The molecule has 4 nitrogen and oxygen atoms in total. The Morgan fingerprint density at radius 2 is 2.15 bits per heavy atom. The van der Waals surface area contributed by atoms with Crippen molar-refractivity contribution in [3.05, 3.63) is 23.4 Å². The topological polar surface area (TPSA) is 37.4 Å². The highest BCUT2D eigenvalue weighted by atomic mass is 16.5. The lowest BCUT2D eigenvalue weighted by atomic mass is 10.1.